The third kappa shape index (κ3) is 5.68. The Morgan fingerprint density at radius 1 is 1.16 bits per heavy atom. The predicted molar refractivity (Wildman–Crippen MR) is 132 cm³/mol. The highest BCUT2D eigenvalue weighted by molar-refractivity contribution is 5.81. The smallest absolute Gasteiger partial charge is 0.407 e. The van der Waals surface area contributed by atoms with Crippen LogP contribution in [0.5, 0.6) is 11.5 Å². The SMILES string of the molecule is COc1ccc(Cn2nnc(C(COc3ccc4nc(NC5CN(C(=O)O)C5)ccc4c3)ON)n2)cc1. The van der Waals surface area contributed by atoms with Gasteiger partial charge in [0.25, 0.3) is 0 Å². The molecule has 0 radical (unpaired) electrons. The Kier molecular flexibility index (Phi) is 6.96. The quantitative estimate of drug-likeness (QED) is 0.270. The molecule has 1 saturated heterocycles. The van der Waals surface area contributed by atoms with Crippen LogP contribution in [0.4, 0.5) is 10.6 Å². The number of nitrogens with two attached hydrogens (primary N) is 1. The highest BCUT2D eigenvalue weighted by Crippen LogP contribution is 2.24. The van der Waals surface area contributed by atoms with Crippen molar-refractivity contribution in [3.8, 4) is 11.5 Å². The molecule has 0 bridgehead atoms. The summed E-state index contributed by atoms with van der Waals surface area (Å²) in [6, 6.07) is 16.9. The lowest BCUT2D eigenvalue weighted by Crippen LogP contribution is -2.56. The van der Waals surface area contributed by atoms with Gasteiger partial charge in [0.2, 0.25) is 5.82 Å². The molecule has 3 heterocycles. The van der Waals surface area contributed by atoms with E-state index in [0.717, 1.165) is 22.2 Å². The molecule has 2 aromatic carbocycles. The first-order valence-electron chi connectivity index (χ1n) is 11.5. The molecule has 1 unspecified atom stereocenters. The number of likely N-dealkylation sites (tertiary alicyclic amines) is 1. The number of rotatable bonds is 10. The van der Waals surface area contributed by atoms with Gasteiger partial charge < -0.3 is 24.8 Å². The fourth-order valence-corrected chi connectivity index (χ4v) is 3.90. The van der Waals surface area contributed by atoms with E-state index < -0.39 is 12.2 Å². The lowest BCUT2D eigenvalue weighted by molar-refractivity contribution is 0.0125. The van der Waals surface area contributed by atoms with Gasteiger partial charge in [0.15, 0.2) is 6.10 Å². The Morgan fingerprint density at radius 2 is 1.95 bits per heavy atom. The normalized spacial score (nSPS) is 14.3. The molecular formula is C24H26N8O5. The molecule has 1 aliphatic heterocycles. The van der Waals surface area contributed by atoms with Crippen molar-refractivity contribution in [3.63, 3.8) is 0 Å². The van der Waals surface area contributed by atoms with Crippen molar-refractivity contribution in [2.75, 3.05) is 32.1 Å². The van der Waals surface area contributed by atoms with Crippen LogP contribution >= 0.6 is 0 Å². The van der Waals surface area contributed by atoms with Crippen LogP contribution < -0.4 is 20.7 Å². The number of ether oxygens (including phenoxy) is 2. The van der Waals surface area contributed by atoms with Crippen LogP contribution in [0.3, 0.4) is 0 Å². The summed E-state index contributed by atoms with van der Waals surface area (Å²) < 4.78 is 11.1. The summed E-state index contributed by atoms with van der Waals surface area (Å²) >= 11 is 0. The summed E-state index contributed by atoms with van der Waals surface area (Å²) in [7, 11) is 1.62. The van der Waals surface area contributed by atoms with Crippen LogP contribution in [-0.4, -0.2) is 74.1 Å². The zero-order chi connectivity index (χ0) is 25.8. The molecule has 1 aliphatic rings. The molecule has 4 aromatic rings. The minimum atomic E-state index is -0.909. The van der Waals surface area contributed by atoms with Crippen LogP contribution in [0.25, 0.3) is 10.9 Å². The maximum atomic E-state index is 10.9. The average molecular weight is 507 g/mol. The van der Waals surface area contributed by atoms with Crippen LogP contribution in [-0.2, 0) is 11.4 Å². The molecule has 0 saturated carbocycles. The molecular weight excluding hydrogens is 480 g/mol. The summed E-state index contributed by atoms with van der Waals surface area (Å²) in [5, 5.41) is 25.6. The van der Waals surface area contributed by atoms with Gasteiger partial charge in [-0.2, -0.15) is 4.80 Å². The number of fused-ring (bicyclic) bond motifs is 1. The van der Waals surface area contributed by atoms with Crippen molar-refractivity contribution in [2.45, 2.75) is 18.7 Å². The number of tetrazole rings is 1. The van der Waals surface area contributed by atoms with Crippen molar-refractivity contribution >= 4 is 22.8 Å². The number of pyridine rings is 1. The van der Waals surface area contributed by atoms with Crippen molar-refractivity contribution in [1.29, 1.82) is 0 Å². The number of carbonyl (C=O) groups is 1. The number of methoxy groups -OCH3 is 1. The summed E-state index contributed by atoms with van der Waals surface area (Å²) in [4.78, 5) is 23.4. The maximum Gasteiger partial charge on any atom is 0.407 e. The van der Waals surface area contributed by atoms with E-state index >= 15 is 0 Å². The van der Waals surface area contributed by atoms with Gasteiger partial charge in [-0.25, -0.2) is 15.7 Å². The monoisotopic (exact) mass is 506 g/mol. The van der Waals surface area contributed by atoms with E-state index in [1.54, 1.807) is 13.2 Å². The van der Waals surface area contributed by atoms with Crippen LogP contribution in [0, 0.1) is 0 Å². The lowest BCUT2D eigenvalue weighted by atomic mass is 10.1. The van der Waals surface area contributed by atoms with Gasteiger partial charge in [0.1, 0.15) is 23.9 Å². The molecule has 13 nitrogen and oxygen atoms in total. The molecule has 5 rings (SSSR count). The Bertz CT molecular complexity index is 1370. The number of nitrogens with one attached hydrogen (secondary N) is 1. The van der Waals surface area contributed by atoms with Crippen LogP contribution in [0.15, 0.2) is 54.6 Å². The average Bonchev–Trinajstić information content (AvgIpc) is 3.34. The number of hydrogen-bond donors (Lipinski definition) is 3. The Hall–Kier alpha value is -4.49. The maximum absolute atomic E-state index is 10.9. The van der Waals surface area contributed by atoms with E-state index in [1.807, 2.05) is 48.5 Å². The Balaban J connectivity index is 1.17. The molecule has 13 heteroatoms. The first-order chi connectivity index (χ1) is 18.0. The summed E-state index contributed by atoms with van der Waals surface area (Å²) in [5.41, 5.74) is 1.77. The van der Waals surface area contributed by atoms with Gasteiger partial charge in [-0.05, 0) is 53.2 Å². The van der Waals surface area contributed by atoms with Gasteiger partial charge >= 0.3 is 6.09 Å². The highest BCUT2D eigenvalue weighted by Gasteiger charge is 2.30. The summed E-state index contributed by atoms with van der Waals surface area (Å²) in [6.45, 7) is 1.40. The first kappa shape index (κ1) is 24.2. The van der Waals surface area contributed by atoms with Crippen LogP contribution in [0.1, 0.15) is 17.5 Å². The van der Waals surface area contributed by atoms with Gasteiger partial charge in [-0.1, -0.05) is 12.1 Å². The molecule has 1 amide bonds. The van der Waals surface area contributed by atoms with Gasteiger partial charge in [-0.3, -0.25) is 4.84 Å². The largest absolute Gasteiger partial charge is 0.497 e. The van der Waals surface area contributed by atoms with Gasteiger partial charge in [0, 0.05) is 18.5 Å². The van der Waals surface area contributed by atoms with Gasteiger partial charge in [0.05, 0.1) is 25.2 Å². The standard InChI is InChI=1S/C24H26N8O5/c1-35-18-5-2-15(3-6-18)11-32-29-23(28-30-32)21(37-25)14-36-19-7-8-20-16(10-19)4-9-22(27-20)26-17-12-31(13-17)24(33)34/h2-10,17,21H,11-14,25H2,1H3,(H,26,27)(H,33,34). The van der Waals surface area contributed by atoms with Crippen molar-refractivity contribution in [2.24, 2.45) is 5.90 Å². The van der Waals surface area contributed by atoms with E-state index in [4.69, 9.17) is 25.3 Å². The molecule has 1 fully saturated rings. The number of nitrogens with zero attached hydrogens (tertiary/aromatic N) is 6. The van der Waals surface area contributed by atoms with E-state index in [9.17, 15) is 4.79 Å². The Morgan fingerprint density at radius 3 is 2.68 bits per heavy atom. The molecule has 37 heavy (non-hydrogen) atoms. The second kappa shape index (κ2) is 10.6. The van der Waals surface area contributed by atoms with E-state index in [-0.39, 0.29) is 12.6 Å². The fraction of sp³-hybridized carbons (Fsp3) is 0.292. The van der Waals surface area contributed by atoms with E-state index in [2.05, 4.69) is 25.7 Å². The van der Waals surface area contributed by atoms with Crippen molar-refractivity contribution < 1.29 is 24.2 Å². The number of benzene rings is 2. The predicted octanol–water partition coefficient (Wildman–Crippen LogP) is 2.06. The topological polar surface area (TPSA) is 163 Å². The van der Waals surface area contributed by atoms with Gasteiger partial charge in [-0.15, -0.1) is 10.2 Å². The summed E-state index contributed by atoms with van der Waals surface area (Å²) in [5.74, 6) is 7.87. The zero-order valence-corrected chi connectivity index (χ0v) is 20.0. The second-order valence-electron chi connectivity index (χ2n) is 8.54. The molecule has 0 spiro atoms. The third-order valence-corrected chi connectivity index (χ3v) is 5.97. The molecule has 1 atom stereocenters. The fourth-order valence-electron chi connectivity index (χ4n) is 3.90. The van der Waals surface area contributed by atoms with Crippen molar-refractivity contribution in [3.05, 3.63) is 66.0 Å². The molecule has 192 valence electrons. The van der Waals surface area contributed by atoms with E-state index in [1.165, 1.54) is 9.70 Å². The number of aromatic nitrogens is 5. The second-order valence-corrected chi connectivity index (χ2v) is 8.54. The number of anilines is 1. The third-order valence-electron chi connectivity index (χ3n) is 5.97. The highest BCUT2D eigenvalue weighted by atomic mass is 16.6. The minimum Gasteiger partial charge on any atom is -0.497 e. The zero-order valence-electron chi connectivity index (χ0n) is 20.0. The number of carboxylic acid groups (broad SMARTS) is 1. The summed E-state index contributed by atoms with van der Waals surface area (Å²) in [6.07, 6.45) is -1.62. The Labute approximate surface area is 211 Å². The number of amides is 1. The molecule has 2 aromatic heterocycles. The van der Waals surface area contributed by atoms with E-state index in [0.29, 0.717) is 37.0 Å². The molecule has 4 N–H and O–H groups in total. The molecule has 0 aliphatic carbocycles. The van der Waals surface area contributed by atoms with Crippen LogP contribution in [0.2, 0.25) is 0 Å². The number of hydrogen-bond acceptors (Lipinski definition) is 10. The lowest BCUT2D eigenvalue weighted by Gasteiger charge is -2.37. The minimum absolute atomic E-state index is 0.0552. The van der Waals surface area contributed by atoms with Crippen molar-refractivity contribution in [1.82, 2.24) is 30.1 Å². The first-order valence-corrected chi connectivity index (χ1v) is 11.5.